The summed E-state index contributed by atoms with van der Waals surface area (Å²) in [6.45, 7) is 6.28. The van der Waals surface area contributed by atoms with Crippen LogP contribution in [0.15, 0.2) is 53.8 Å². The van der Waals surface area contributed by atoms with Crippen molar-refractivity contribution in [2.75, 3.05) is 0 Å². The average Bonchev–Trinajstić information content (AvgIpc) is 3.45. The lowest BCUT2D eigenvalue weighted by Gasteiger charge is -2.32. The predicted octanol–water partition coefficient (Wildman–Crippen LogP) is 5.12. The third-order valence-corrected chi connectivity index (χ3v) is 7.93. The van der Waals surface area contributed by atoms with Crippen molar-refractivity contribution in [2.45, 2.75) is 52.2 Å². The Hall–Kier alpha value is -3.97. The maximum absolute atomic E-state index is 12.3. The van der Waals surface area contributed by atoms with E-state index in [1.807, 2.05) is 38.1 Å². The van der Waals surface area contributed by atoms with Crippen molar-refractivity contribution >= 4 is 28.4 Å². The summed E-state index contributed by atoms with van der Waals surface area (Å²) in [5.74, 6) is 0.254. The lowest BCUT2D eigenvalue weighted by atomic mass is 9.77. The van der Waals surface area contributed by atoms with Crippen LogP contribution in [0.3, 0.4) is 0 Å². The molecule has 0 saturated carbocycles. The Morgan fingerprint density at radius 3 is 2.81 bits per heavy atom. The van der Waals surface area contributed by atoms with Gasteiger partial charge in [-0.3, -0.25) is 9.78 Å². The number of nitrogens with zero attached hydrogens (tertiary/aromatic N) is 2. The van der Waals surface area contributed by atoms with E-state index in [0.717, 1.165) is 69.4 Å². The van der Waals surface area contributed by atoms with Crippen molar-refractivity contribution < 1.29 is 14.6 Å². The quantitative estimate of drug-likeness (QED) is 0.365. The Morgan fingerprint density at radius 1 is 1.19 bits per heavy atom. The van der Waals surface area contributed by atoms with Gasteiger partial charge in [0.2, 0.25) is 5.90 Å². The minimum Gasteiger partial charge on any atom is -0.472 e. The number of amides is 1. The van der Waals surface area contributed by atoms with Gasteiger partial charge in [-0.1, -0.05) is 18.2 Å². The number of aryl methyl sites for hydroxylation is 1. The number of hydrogen-bond acceptors (Lipinski definition) is 5. The summed E-state index contributed by atoms with van der Waals surface area (Å²) in [5, 5.41) is 11.7. The molecule has 37 heavy (non-hydrogen) atoms. The summed E-state index contributed by atoms with van der Waals surface area (Å²) < 4.78 is 5.87. The number of carbonyl (C=O) groups is 1. The second-order valence-corrected chi connectivity index (χ2v) is 10.6. The van der Waals surface area contributed by atoms with Gasteiger partial charge in [-0.2, -0.15) is 0 Å². The van der Waals surface area contributed by atoms with Crippen LogP contribution in [0, 0.1) is 12.8 Å². The van der Waals surface area contributed by atoms with Crippen LogP contribution in [0.25, 0.3) is 22.0 Å². The lowest BCUT2D eigenvalue weighted by molar-refractivity contribution is 0.0107. The van der Waals surface area contributed by atoms with Gasteiger partial charge < -0.3 is 20.6 Å². The summed E-state index contributed by atoms with van der Waals surface area (Å²) in [5.41, 5.74) is 14.4. The highest BCUT2D eigenvalue weighted by Crippen LogP contribution is 2.42. The molecule has 1 atom stereocenters. The molecular formula is C30H30N4O3. The van der Waals surface area contributed by atoms with E-state index in [2.05, 4.69) is 23.0 Å². The van der Waals surface area contributed by atoms with Crippen molar-refractivity contribution in [1.29, 1.82) is 0 Å². The van der Waals surface area contributed by atoms with Gasteiger partial charge in [0.1, 0.15) is 6.61 Å². The zero-order chi connectivity index (χ0) is 25.9. The number of rotatable bonds is 4. The number of nitrogens with two attached hydrogens (primary N) is 1. The first-order valence-electron chi connectivity index (χ1n) is 12.7. The summed E-state index contributed by atoms with van der Waals surface area (Å²) in [6, 6.07) is 11.8. The number of pyridine rings is 1. The van der Waals surface area contributed by atoms with E-state index in [1.165, 1.54) is 5.56 Å². The molecule has 1 amide bonds. The Labute approximate surface area is 215 Å². The molecule has 7 nitrogen and oxygen atoms in total. The van der Waals surface area contributed by atoms with E-state index in [9.17, 15) is 9.90 Å². The molecule has 0 saturated heterocycles. The number of ether oxygens (including phenoxy) is 1. The van der Waals surface area contributed by atoms with Crippen molar-refractivity contribution in [1.82, 2.24) is 9.97 Å². The maximum Gasteiger partial charge on any atom is 0.250 e. The summed E-state index contributed by atoms with van der Waals surface area (Å²) in [4.78, 5) is 25.0. The first-order valence-corrected chi connectivity index (χ1v) is 12.7. The highest BCUT2D eigenvalue weighted by atomic mass is 16.5. The van der Waals surface area contributed by atoms with E-state index in [-0.39, 0.29) is 5.92 Å². The predicted molar refractivity (Wildman–Crippen MR) is 144 cm³/mol. The Kier molecular flexibility index (Phi) is 5.42. The van der Waals surface area contributed by atoms with Gasteiger partial charge in [0.15, 0.2) is 0 Å². The number of fused-ring (bicyclic) bond motifs is 4. The molecule has 0 spiro atoms. The molecule has 188 valence electrons. The fourth-order valence-corrected chi connectivity index (χ4v) is 5.78. The Bertz CT molecular complexity index is 1590. The zero-order valence-electron chi connectivity index (χ0n) is 21.3. The standard InChI is InChI=1S/C30H30N4O3/c1-16-19(5-4-6-24(16)34-29-23-14-32-12-11-17(23)15-37-29)20-9-10-22(28(31)35)27-26(20)21-8-7-18(30(2,3)36)13-25(21)33-27/h4-6,9-12,14,18,33,36H,7-8,13,15H2,1-3H3,(H2,31,35). The van der Waals surface area contributed by atoms with Gasteiger partial charge in [0, 0.05) is 29.0 Å². The highest BCUT2D eigenvalue weighted by molar-refractivity contribution is 6.11. The minimum absolute atomic E-state index is 0.137. The highest BCUT2D eigenvalue weighted by Gasteiger charge is 2.33. The van der Waals surface area contributed by atoms with Crippen molar-refractivity contribution in [3.63, 3.8) is 0 Å². The van der Waals surface area contributed by atoms with Crippen LogP contribution >= 0.6 is 0 Å². The number of aliphatic hydroxyl groups is 1. The van der Waals surface area contributed by atoms with E-state index in [1.54, 1.807) is 18.5 Å². The van der Waals surface area contributed by atoms with Crippen LogP contribution in [-0.2, 0) is 24.2 Å². The molecule has 7 heteroatoms. The van der Waals surface area contributed by atoms with Crippen molar-refractivity contribution in [3.05, 3.63) is 82.3 Å². The van der Waals surface area contributed by atoms with Gasteiger partial charge in [0.25, 0.3) is 5.91 Å². The number of benzene rings is 2. The van der Waals surface area contributed by atoms with Crippen molar-refractivity contribution in [3.8, 4) is 11.1 Å². The first kappa shape index (κ1) is 23.4. The van der Waals surface area contributed by atoms with Crippen LogP contribution in [0.4, 0.5) is 5.69 Å². The van der Waals surface area contributed by atoms with Gasteiger partial charge in [-0.05, 0) is 86.4 Å². The Morgan fingerprint density at radius 2 is 2.03 bits per heavy atom. The molecular weight excluding hydrogens is 464 g/mol. The number of aliphatic imine (C=N–C) groups is 1. The zero-order valence-corrected chi connectivity index (χ0v) is 21.3. The van der Waals surface area contributed by atoms with E-state index in [0.29, 0.717) is 18.1 Å². The average molecular weight is 495 g/mol. The van der Waals surface area contributed by atoms with Crippen LogP contribution in [0.5, 0.6) is 0 Å². The molecule has 1 aliphatic heterocycles. The summed E-state index contributed by atoms with van der Waals surface area (Å²) >= 11 is 0. The number of aromatic amines is 1. The number of aromatic nitrogens is 2. The van der Waals surface area contributed by atoms with Gasteiger partial charge in [-0.25, -0.2) is 4.99 Å². The minimum atomic E-state index is -0.773. The number of hydrogen-bond donors (Lipinski definition) is 3. The van der Waals surface area contributed by atoms with Crippen LogP contribution in [0.2, 0.25) is 0 Å². The second kappa shape index (κ2) is 8.56. The smallest absolute Gasteiger partial charge is 0.250 e. The molecule has 6 rings (SSSR count). The second-order valence-electron chi connectivity index (χ2n) is 10.6. The molecule has 2 aliphatic rings. The molecule has 2 aromatic carbocycles. The van der Waals surface area contributed by atoms with E-state index >= 15 is 0 Å². The summed E-state index contributed by atoms with van der Waals surface area (Å²) in [6.07, 6.45) is 5.97. The molecule has 0 fully saturated rings. The fraction of sp³-hybridized carbons (Fsp3) is 0.300. The van der Waals surface area contributed by atoms with Crippen LogP contribution < -0.4 is 5.73 Å². The van der Waals surface area contributed by atoms with Gasteiger partial charge in [-0.15, -0.1) is 0 Å². The summed E-state index contributed by atoms with van der Waals surface area (Å²) in [7, 11) is 0. The third-order valence-electron chi connectivity index (χ3n) is 7.93. The van der Waals surface area contributed by atoms with Crippen molar-refractivity contribution in [2.24, 2.45) is 16.6 Å². The monoisotopic (exact) mass is 494 g/mol. The number of carbonyl (C=O) groups excluding carboxylic acids is 1. The molecule has 4 aromatic rings. The number of nitrogens with one attached hydrogen (secondary N) is 1. The largest absolute Gasteiger partial charge is 0.472 e. The Balaban J connectivity index is 1.51. The lowest BCUT2D eigenvalue weighted by Crippen LogP contribution is -2.34. The molecule has 1 unspecified atom stereocenters. The first-order chi connectivity index (χ1) is 17.7. The topological polar surface area (TPSA) is 114 Å². The molecule has 0 bridgehead atoms. The number of H-pyrrole nitrogens is 1. The number of primary amides is 1. The SMILES string of the molecule is Cc1c(N=C2OCc3ccncc32)cccc1-c1ccc(C(N)=O)c2[nH]c3c(c12)CCC(C(C)(C)O)C3. The fourth-order valence-electron chi connectivity index (χ4n) is 5.78. The molecule has 1 aliphatic carbocycles. The molecule has 0 radical (unpaired) electrons. The van der Waals surface area contributed by atoms with Crippen LogP contribution in [0.1, 0.15) is 58.6 Å². The third kappa shape index (κ3) is 3.90. The molecule has 3 heterocycles. The van der Waals surface area contributed by atoms with E-state index < -0.39 is 11.5 Å². The van der Waals surface area contributed by atoms with Crippen LogP contribution in [-0.4, -0.2) is 32.5 Å². The van der Waals surface area contributed by atoms with E-state index in [4.69, 9.17) is 15.5 Å². The maximum atomic E-state index is 12.3. The normalized spacial score (nSPS) is 18.1. The van der Waals surface area contributed by atoms with Gasteiger partial charge >= 0.3 is 0 Å². The van der Waals surface area contributed by atoms with Gasteiger partial charge in [0.05, 0.1) is 27.9 Å². The molecule has 4 N–H and O–H groups in total. The molecule has 2 aromatic heterocycles.